The second-order valence-corrected chi connectivity index (χ2v) is 7.55. The molecule has 16 heavy (non-hydrogen) atoms. The van der Waals surface area contributed by atoms with Gasteiger partial charge in [-0.25, -0.2) is 0 Å². The third-order valence-corrected chi connectivity index (χ3v) is 4.45. The fraction of sp³-hybridized carbons (Fsp3) is 0.692. The van der Waals surface area contributed by atoms with Crippen molar-refractivity contribution in [2.24, 2.45) is 5.41 Å². The number of hydrogen-bond acceptors (Lipinski definition) is 2. The molecule has 90 valence electrons. The van der Waals surface area contributed by atoms with Crippen LogP contribution in [0.4, 0.5) is 0 Å². The first-order valence-corrected chi connectivity index (χ1v) is 7.17. The topological polar surface area (TPSA) is 12.0 Å². The molecule has 0 bridgehead atoms. The molecule has 0 fully saturated rings. The Morgan fingerprint density at radius 3 is 2.94 bits per heavy atom. The molecule has 1 aromatic rings. The first-order valence-electron chi connectivity index (χ1n) is 5.97. The summed E-state index contributed by atoms with van der Waals surface area (Å²) in [6.45, 7) is 7.96. The Bertz CT molecular complexity index is 364. The molecule has 0 amide bonds. The summed E-state index contributed by atoms with van der Waals surface area (Å²) in [6.07, 6.45) is 3.65. The first-order chi connectivity index (χ1) is 7.46. The normalized spacial score (nSPS) is 20.1. The smallest absolute Gasteiger partial charge is 0.0934 e. The second-order valence-electron chi connectivity index (χ2n) is 5.79. The van der Waals surface area contributed by atoms with Crippen LogP contribution >= 0.6 is 22.9 Å². The maximum absolute atomic E-state index is 6.04. The zero-order valence-electron chi connectivity index (χ0n) is 10.3. The van der Waals surface area contributed by atoms with Gasteiger partial charge in [0.15, 0.2) is 0 Å². The van der Waals surface area contributed by atoms with Crippen molar-refractivity contribution in [3.8, 4) is 0 Å². The van der Waals surface area contributed by atoms with E-state index in [9.17, 15) is 0 Å². The number of aryl methyl sites for hydroxylation is 1. The van der Waals surface area contributed by atoms with Crippen LogP contribution < -0.4 is 5.32 Å². The molecule has 0 aliphatic heterocycles. The number of thiophene rings is 1. The van der Waals surface area contributed by atoms with Crippen LogP contribution in [-0.4, -0.2) is 6.54 Å². The minimum Gasteiger partial charge on any atom is -0.310 e. The largest absolute Gasteiger partial charge is 0.310 e. The van der Waals surface area contributed by atoms with Gasteiger partial charge in [-0.1, -0.05) is 32.4 Å². The molecule has 0 radical (unpaired) electrons. The molecule has 1 atom stereocenters. The van der Waals surface area contributed by atoms with Gasteiger partial charge in [0.05, 0.1) is 4.34 Å². The maximum Gasteiger partial charge on any atom is 0.0934 e. The van der Waals surface area contributed by atoms with Gasteiger partial charge in [0.2, 0.25) is 0 Å². The molecule has 1 aliphatic carbocycles. The van der Waals surface area contributed by atoms with Crippen LogP contribution in [0.5, 0.6) is 0 Å². The molecule has 1 nitrogen and oxygen atoms in total. The summed E-state index contributed by atoms with van der Waals surface area (Å²) >= 11 is 7.79. The average Bonchev–Trinajstić information content (AvgIpc) is 2.64. The first kappa shape index (κ1) is 12.4. The third kappa shape index (κ3) is 2.99. The van der Waals surface area contributed by atoms with Crippen molar-refractivity contribution in [1.29, 1.82) is 0 Å². The highest BCUT2D eigenvalue weighted by molar-refractivity contribution is 7.16. The van der Waals surface area contributed by atoms with E-state index in [0.29, 0.717) is 11.5 Å². The van der Waals surface area contributed by atoms with Gasteiger partial charge in [-0.3, -0.25) is 0 Å². The Morgan fingerprint density at radius 1 is 1.50 bits per heavy atom. The van der Waals surface area contributed by atoms with Crippen molar-refractivity contribution in [3.63, 3.8) is 0 Å². The summed E-state index contributed by atoms with van der Waals surface area (Å²) in [4.78, 5) is 1.48. The van der Waals surface area contributed by atoms with Crippen molar-refractivity contribution >= 4 is 22.9 Å². The lowest BCUT2D eigenvalue weighted by molar-refractivity contribution is 0.354. The maximum atomic E-state index is 6.04. The number of hydrogen-bond donors (Lipinski definition) is 1. The van der Waals surface area contributed by atoms with Gasteiger partial charge in [-0.05, 0) is 42.9 Å². The van der Waals surface area contributed by atoms with E-state index in [2.05, 4.69) is 32.2 Å². The van der Waals surface area contributed by atoms with Gasteiger partial charge in [0.1, 0.15) is 0 Å². The number of nitrogens with one attached hydrogen (secondary N) is 1. The van der Waals surface area contributed by atoms with Gasteiger partial charge in [-0.15, -0.1) is 11.3 Å². The fourth-order valence-corrected chi connectivity index (χ4v) is 3.52. The highest BCUT2D eigenvalue weighted by Gasteiger charge is 2.24. The van der Waals surface area contributed by atoms with Crippen LogP contribution in [-0.2, 0) is 6.42 Å². The lowest BCUT2D eigenvalue weighted by atomic mass is 9.92. The quantitative estimate of drug-likeness (QED) is 0.846. The van der Waals surface area contributed by atoms with Crippen LogP contribution in [0.25, 0.3) is 0 Å². The molecular formula is C13H20ClNS. The molecule has 1 aliphatic rings. The summed E-state index contributed by atoms with van der Waals surface area (Å²) in [6, 6.07) is 2.68. The Balaban J connectivity index is 1.88. The molecule has 0 saturated carbocycles. The number of halogens is 1. The molecule has 0 aromatic carbocycles. The number of rotatable bonds is 3. The summed E-state index contributed by atoms with van der Waals surface area (Å²) in [7, 11) is 0. The molecule has 3 heteroatoms. The predicted octanol–water partition coefficient (Wildman–Crippen LogP) is 4.41. The van der Waals surface area contributed by atoms with Crippen molar-refractivity contribution < 1.29 is 0 Å². The molecule has 1 aromatic heterocycles. The SMILES string of the molecule is CC(C)(C)CCNC1CCc2sc(Cl)cc21. The van der Waals surface area contributed by atoms with Gasteiger partial charge < -0.3 is 5.32 Å². The Hall–Kier alpha value is -0.0500. The zero-order chi connectivity index (χ0) is 11.8. The van der Waals surface area contributed by atoms with Gasteiger partial charge in [0.25, 0.3) is 0 Å². The third-order valence-electron chi connectivity index (χ3n) is 3.11. The minimum absolute atomic E-state index is 0.417. The van der Waals surface area contributed by atoms with Crippen molar-refractivity contribution in [2.45, 2.75) is 46.1 Å². The number of fused-ring (bicyclic) bond motifs is 1. The zero-order valence-corrected chi connectivity index (χ0v) is 11.8. The summed E-state index contributed by atoms with van der Waals surface area (Å²) in [5.74, 6) is 0. The molecule has 1 unspecified atom stereocenters. The highest BCUT2D eigenvalue weighted by Crippen LogP contribution is 2.39. The van der Waals surface area contributed by atoms with E-state index in [1.165, 1.54) is 29.7 Å². The van der Waals surface area contributed by atoms with E-state index in [0.717, 1.165) is 10.9 Å². The van der Waals surface area contributed by atoms with Gasteiger partial charge in [0, 0.05) is 10.9 Å². The van der Waals surface area contributed by atoms with E-state index >= 15 is 0 Å². The van der Waals surface area contributed by atoms with E-state index in [4.69, 9.17) is 11.6 Å². The fourth-order valence-electron chi connectivity index (χ4n) is 2.16. The second kappa shape index (κ2) is 4.67. The summed E-state index contributed by atoms with van der Waals surface area (Å²) in [5.41, 5.74) is 1.87. The Kier molecular flexibility index (Phi) is 3.62. The molecule has 1 heterocycles. The van der Waals surface area contributed by atoms with E-state index in [1.54, 1.807) is 11.3 Å². The van der Waals surface area contributed by atoms with Crippen molar-refractivity contribution in [2.75, 3.05) is 6.54 Å². The lowest BCUT2D eigenvalue weighted by Gasteiger charge is -2.20. The Labute approximate surface area is 107 Å². The van der Waals surface area contributed by atoms with E-state index in [1.807, 2.05) is 0 Å². The average molecular weight is 258 g/mol. The van der Waals surface area contributed by atoms with Gasteiger partial charge >= 0.3 is 0 Å². The Morgan fingerprint density at radius 2 is 2.25 bits per heavy atom. The molecule has 0 spiro atoms. The van der Waals surface area contributed by atoms with Crippen LogP contribution in [0.2, 0.25) is 4.34 Å². The van der Waals surface area contributed by atoms with E-state index in [-0.39, 0.29) is 0 Å². The molecule has 1 N–H and O–H groups in total. The van der Waals surface area contributed by atoms with Crippen molar-refractivity contribution in [1.82, 2.24) is 5.32 Å². The highest BCUT2D eigenvalue weighted by atomic mass is 35.5. The lowest BCUT2D eigenvalue weighted by Crippen LogP contribution is -2.23. The van der Waals surface area contributed by atoms with Crippen LogP contribution in [0.3, 0.4) is 0 Å². The monoisotopic (exact) mass is 257 g/mol. The minimum atomic E-state index is 0.417. The molecule has 0 saturated heterocycles. The molecule has 2 rings (SSSR count). The van der Waals surface area contributed by atoms with Gasteiger partial charge in [-0.2, -0.15) is 0 Å². The standard InChI is InChI=1S/C13H20ClNS/c1-13(2,3)6-7-15-10-4-5-11-9(10)8-12(14)16-11/h8,10,15H,4-7H2,1-3H3. The van der Waals surface area contributed by atoms with Crippen LogP contribution in [0.15, 0.2) is 6.07 Å². The predicted molar refractivity (Wildman–Crippen MR) is 72.5 cm³/mol. The summed E-state index contributed by atoms with van der Waals surface area (Å²) < 4.78 is 0.937. The van der Waals surface area contributed by atoms with Crippen molar-refractivity contribution in [3.05, 3.63) is 20.8 Å². The summed E-state index contributed by atoms with van der Waals surface area (Å²) in [5, 5.41) is 3.66. The van der Waals surface area contributed by atoms with Crippen LogP contribution in [0, 0.1) is 5.41 Å². The molecular weight excluding hydrogens is 238 g/mol. The van der Waals surface area contributed by atoms with Crippen LogP contribution in [0.1, 0.15) is 50.1 Å². The van der Waals surface area contributed by atoms with E-state index < -0.39 is 0 Å².